The van der Waals surface area contributed by atoms with Crippen LogP contribution in [0.25, 0.3) is 0 Å². The lowest BCUT2D eigenvalue weighted by atomic mass is 9.80. The van der Waals surface area contributed by atoms with Gasteiger partial charge in [-0.25, -0.2) is 0 Å². The Morgan fingerprint density at radius 2 is 1.90 bits per heavy atom. The second-order valence-electron chi connectivity index (χ2n) is 6.24. The average Bonchev–Trinajstić information content (AvgIpc) is 2.93. The van der Waals surface area contributed by atoms with Gasteiger partial charge in [-0.1, -0.05) is 30.3 Å². The molecule has 0 radical (unpaired) electrons. The first-order valence-corrected chi connectivity index (χ1v) is 7.81. The van der Waals surface area contributed by atoms with E-state index >= 15 is 0 Å². The van der Waals surface area contributed by atoms with E-state index in [2.05, 4.69) is 17.0 Å². The van der Waals surface area contributed by atoms with E-state index in [-0.39, 0.29) is 11.8 Å². The summed E-state index contributed by atoms with van der Waals surface area (Å²) in [5.41, 5.74) is 1.26. The van der Waals surface area contributed by atoms with Gasteiger partial charge in [-0.2, -0.15) is 0 Å². The molecule has 1 aromatic carbocycles. The van der Waals surface area contributed by atoms with Crippen LogP contribution in [0.5, 0.6) is 0 Å². The molecule has 1 aromatic rings. The van der Waals surface area contributed by atoms with Crippen molar-refractivity contribution in [3.8, 4) is 0 Å². The normalized spacial score (nSPS) is 27.8. The summed E-state index contributed by atoms with van der Waals surface area (Å²) in [4.78, 5) is 13.9. The van der Waals surface area contributed by atoms with Gasteiger partial charge in [0.05, 0.1) is 5.92 Å². The zero-order valence-electron chi connectivity index (χ0n) is 12.3. The van der Waals surface area contributed by atoms with Gasteiger partial charge in [0, 0.05) is 32.8 Å². The Kier molecular flexibility index (Phi) is 4.56. The third kappa shape index (κ3) is 3.44. The van der Waals surface area contributed by atoms with Gasteiger partial charge < -0.3 is 9.84 Å². The number of ether oxygens (including phenoxy) is 1. The molecule has 114 valence electrons. The van der Waals surface area contributed by atoms with E-state index in [1.807, 2.05) is 18.2 Å². The molecular weight excluding hydrogens is 266 g/mol. The molecule has 4 heteroatoms. The van der Waals surface area contributed by atoms with Gasteiger partial charge in [-0.15, -0.1) is 0 Å². The summed E-state index contributed by atoms with van der Waals surface area (Å²) < 4.78 is 5.42. The predicted molar refractivity (Wildman–Crippen MR) is 79.9 cm³/mol. The number of hydrogen-bond donors (Lipinski definition) is 1. The SMILES string of the molecule is O=C(O)[C@H]1CN(Cc2ccccc2)C[C@@H]1C1CCOCC1. The Labute approximate surface area is 125 Å². The van der Waals surface area contributed by atoms with Crippen molar-refractivity contribution in [3.05, 3.63) is 35.9 Å². The van der Waals surface area contributed by atoms with Gasteiger partial charge in [0.1, 0.15) is 0 Å². The molecule has 3 rings (SSSR count). The summed E-state index contributed by atoms with van der Waals surface area (Å²) in [6.45, 7) is 3.99. The van der Waals surface area contributed by atoms with Crippen LogP contribution in [0.2, 0.25) is 0 Å². The quantitative estimate of drug-likeness (QED) is 0.923. The minimum atomic E-state index is -0.637. The molecule has 0 unspecified atom stereocenters. The van der Waals surface area contributed by atoms with Crippen molar-refractivity contribution >= 4 is 5.97 Å². The topological polar surface area (TPSA) is 49.8 Å². The lowest BCUT2D eigenvalue weighted by molar-refractivity contribution is -0.143. The summed E-state index contributed by atoms with van der Waals surface area (Å²) in [5.74, 6) is -0.0883. The zero-order chi connectivity index (χ0) is 14.7. The van der Waals surface area contributed by atoms with Crippen LogP contribution in [0, 0.1) is 17.8 Å². The van der Waals surface area contributed by atoms with E-state index in [1.54, 1.807) is 0 Å². The number of carbonyl (C=O) groups is 1. The highest BCUT2D eigenvalue weighted by atomic mass is 16.5. The van der Waals surface area contributed by atoms with Crippen molar-refractivity contribution in [2.75, 3.05) is 26.3 Å². The number of aliphatic carboxylic acids is 1. The Bertz CT molecular complexity index is 470. The monoisotopic (exact) mass is 289 g/mol. The Morgan fingerprint density at radius 1 is 1.19 bits per heavy atom. The smallest absolute Gasteiger partial charge is 0.308 e. The minimum absolute atomic E-state index is 0.225. The van der Waals surface area contributed by atoms with E-state index in [1.165, 1.54) is 5.56 Å². The fraction of sp³-hybridized carbons (Fsp3) is 0.588. The van der Waals surface area contributed by atoms with Crippen LogP contribution in [0.1, 0.15) is 18.4 Å². The molecule has 4 nitrogen and oxygen atoms in total. The minimum Gasteiger partial charge on any atom is -0.481 e. The molecule has 0 bridgehead atoms. The van der Waals surface area contributed by atoms with Crippen LogP contribution >= 0.6 is 0 Å². The largest absolute Gasteiger partial charge is 0.481 e. The summed E-state index contributed by atoms with van der Waals surface area (Å²) in [6, 6.07) is 10.3. The zero-order valence-corrected chi connectivity index (χ0v) is 12.3. The van der Waals surface area contributed by atoms with E-state index in [0.717, 1.165) is 39.1 Å². The number of carboxylic acids is 1. The van der Waals surface area contributed by atoms with Gasteiger partial charge in [0.25, 0.3) is 0 Å². The summed E-state index contributed by atoms with van der Waals surface area (Å²) in [6.07, 6.45) is 2.02. The molecule has 0 saturated carbocycles. The molecule has 2 fully saturated rings. The van der Waals surface area contributed by atoms with Crippen LogP contribution in [-0.4, -0.2) is 42.3 Å². The molecule has 21 heavy (non-hydrogen) atoms. The summed E-state index contributed by atoms with van der Waals surface area (Å²) in [7, 11) is 0. The summed E-state index contributed by atoms with van der Waals surface area (Å²) >= 11 is 0. The second kappa shape index (κ2) is 6.58. The Morgan fingerprint density at radius 3 is 2.57 bits per heavy atom. The fourth-order valence-electron chi connectivity index (χ4n) is 3.77. The number of nitrogens with zero attached hydrogens (tertiary/aromatic N) is 1. The van der Waals surface area contributed by atoms with Crippen molar-refractivity contribution in [1.29, 1.82) is 0 Å². The summed E-state index contributed by atoms with van der Waals surface area (Å²) in [5, 5.41) is 9.54. The lowest BCUT2D eigenvalue weighted by Crippen LogP contribution is -2.31. The van der Waals surface area contributed by atoms with Crippen molar-refractivity contribution in [2.24, 2.45) is 17.8 Å². The van der Waals surface area contributed by atoms with Gasteiger partial charge >= 0.3 is 5.97 Å². The molecule has 0 aromatic heterocycles. The highest BCUT2D eigenvalue weighted by Gasteiger charge is 2.41. The van der Waals surface area contributed by atoms with E-state index in [0.29, 0.717) is 12.5 Å². The van der Waals surface area contributed by atoms with Crippen LogP contribution in [0.3, 0.4) is 0 Å². The Balaban J connectivity index is 1.67. The highest BCUT2D eigenvalue weighted by molar-refractivity contribution is 5.71. The number of likely N-dealkylation sites (tertiary alicyclic amines) is 1. The van der Waals surface area contributed by atoms with Gasteiger partial charge in [0.15, 0.2) is 0 Å². The van der Waals surface area contributed by atoms with Crippen LogP contribution in [0.15, 0.2) is 30.3 Å². The van der Waals surface area contributed by atoms with E-state index in [4.69, 9.17) is 4.74 Å². The van der Waals surface area contributed by atoms with Gasteiger partial charge in [-0.05, 0) is 30.2 Å². The first-order chi connectivity index (χ1) is 10.2. The standard InChI is InChI=1S/C17H23NO3/c19-17(20)16-12-18(10-13-4-2-1-3-5-13)11-15(16)14-6-8-21-9-7-14/h1-5,14-16H,6-12H2,(H,19,20)/t15-,16+/m1/s1. The maximum absolute atomic E-state index is 11.6. The molecular formula is C17H23NO3. The third-order valence-corrected chi connectivity index (χ3v) is 4.88. The predicted octanol–water partition coefficient (Wildman–Crippen LogP) is 2.25. The molecule has 0 amide bonds. The van der Waals surface area contributed by atoms with E-state index < -0.39 is 5.97 Å². The fourth-order valence-corrected chi connectivity index (χ4v) is 3.77. The molecule has 2 aliphatic rings. The molecule has 0 spiro atoms. The molecule has 1 N–H and O–H groups in total. The van der Waals surface area contributed by atoms with Crippen LogP contribution in [0.4, 0.5) is 0 Å². The van der Waals surface area contributed by atoms with E-state index in [9.17, 15) is 9.90 Å². The lowest BCUT2D eigenvalue weighted by Gasteiger charge is -2.29. The van der Waals surface area contributed by atoms with Gasteiger partial charge in [0.2, 0.25) is 0 Å². The van der Waals surface area contributed by atoms with Crippen molar-refractivity contribution in [1.82, 2.24) is 4.90 Å². The second-order valence-corrected chi connectivity index (χ2v) is 6.24. The Hall–Kier alpha value is -1.39. The molecule has 0 aliphatic carbocycles. The average molecular weight is 289 g/mol. The maximum atomic E-state index is 11.6. The molecule has 2 saturated heterocycles. The van der Waals surface area contributed by atoms with Crippen LogP contribution < -0.4 is 0 Å². The highest BCUT2D eigenvalue weighted by Crippen LogP contribution is 2.36. The number of rotatable bonds is 4. The number of benzene rings is 1. The molecule has 2 heterocycles. The van der Waals surface area contributed by atoms with Crippen molar-refractivity contribution < 1.29 is 14.6 Å². The number of carboxylic acid groups (broad SMARTS) is 1. The van der Waals surface area contributed by atoms with Gasteiger partial charge in [-0.3, -0.25) is 9.69 Å². The van der Waals surface area contributed by atoms with Crippen LogP contribution in [-0.2, 0) is 16.1 Å². The maximum Gasteiger partial charge on any atom is 0.308 e. The van der Waals surface area contributed by atoms with Crippen molar-refractivity contribution in [2.45, 2.75) is 19.4 Å². The molecule has 2 aliphatic heterocycles. The molecule has 2 atom stereocenters. The first kappa shape index (κ1) is 14.5. The third-order valence-electron chi connectivity index (χ3n) is 4.88. The van der Waals surface area contributed by atoms with Crippen molar-refractivity contribution in [3.63, 3.8) is 0 Å². The first-order valence-electron chi connectivity index (χ1n) is 7.81. The number of hydrogen-bond acceptors (Lipinski definition) is 3.